The summed E-state index contributed by atoms with van der Waals surface area (Å²) in [4.78, 5) is 45.3. The molecule has 2 aromatic carbocycles. The van der Waals surface area contributed by atoms with Gasteiger partial charge in [0.1, 0.15) is 17.7 Å². The summed E-state index contributed by atoms with van der Waals surface area (Å²) in [6.07, 6.45) is 2.13. The number of likely N-dealkylation sites (tertiary alicyclic amines) is 1. The van der Waals surface area contributed by atoms with Gasteiger partial charge in [0.2, 0.25) is 5.91 Å². The number of hydrogen-bond acceptors (Lipinski definition) is 7. The summed E-state index contributed by atoms with van der Waals surface area (Å²) in [6.45, 7) is 0.986. The molecular weight excluding hydrogens is 483 g/mol. The third kappa shape index (κ3) is 6.23. The Bertz CT molecular complexity index is 1340. The van der Waals surface area contributed by atoms with Gasteiger partial charge in [-0.15, -0.1) is 0 Å². The number of carbonyl (C=O) groups excluding carboxylic acids is 2. The van der Waals surface area contributed by atoms with Crippen molar-refractivity contribution in [2.45, 2.75) is 25.8 Å². The molecule has 4 rings (SSSR count). The lowest BCUT2D eigenvalue weighted by Crippen LogP contribution is -2.40. The number of aromatic amines is 1. The topological polar surface area (TPSA) is 134 Å². The van der Waals surface area contributed by atoms with Gasteiger partial charge < -0.3 is 29.8 Å². The Morgan fingerprint density at radius 1 is 1.24 bits per heavy atom. The SMILES string of the molecule is COc1cccc(CNC(=O)c2nc3ccc(F)c(OCCC4CCN(C(=O)CO)CC4)c3c(=O)[nH]2)c1. The molecule has 1 aromatic heterocycles. The second kappa shape index (κ2) is 11.8. The quantitative estimate of drug-likeness (QED) is 0.399. The number of piperidine rings is 1. The van der Waals surface area contributed by atoms with Crippen LogP contribution in [0.2, 0.25) is 0 Å². The van der Waals surface area contributed by atoms with Crippen LogP contribution in [0.15, 0.2) is 41.2 Å². The van der Waals surface area contributed by atoms with Gasteiger partial charge in [0.15, 0.2) is 17.4 Å². The van der Waals surface area contributed by atoms with Gasteiger partial charge in [-0.25, -0.2) is 9.37 Å². The fourth-order valence-corrected chi connectivity index (χ4v) is 4.37. The average Bonchev–Trinajstić information content (AvgIpc) is 2.92. The maximum atomic E-state index is 14.6. The third-order valence-electron chi connectivity index (χ3n) is 6.46. The molecular formula is C26H29FN4O6. The van der Waals surface area contributed by atoms with E-state index in [-0.39, 0.29) is 47.5 Å². The molecule has 0 atom stereocenters. The predicted molar refractivity (Wildman–Crippen MR) is 133 cm³/mol. The minimum Gasteiger partial charge on any atom is -0.497 e. The molecule has 10 nitrogen and oxygen atoms in total. The van der Waals surface area contributed by atoms with Crippen LogP contribution in [-0.4, -0.2) is 65.2 Å². The van der Waals surface area contributed by atoms with Crippen LogP contribution in [0, 0.1) is 11.7 Å². The number of H-pyrrole nitrogens is 1. The van der Waals surface area contributed by atoms with E-state index in [4.69, 9.17) is 14.6 Å². The summed E-state index contributed by atoms with van der Waals surface area (Å²) in [5.74, 6) is -1.03. The van der Waals surface area contributed by atoms with Crippen molar-refractivity contribution in [1.29, 1.82) is 0 Å². The molecule has 3 N–H and O–H groups in total. The molecule has 0 unspecified atom stereocenters. The van der Waals surface area contributed by atoms with Crippen molar-refractivity contribution in [2.75, 3.05) is 33.4 Å². The van der Waals surface area contributed by atoms with Gasteiger partial charge in [-0.3, -0.25) is 14.4 Å². The van der Waals surface area contributed by atoms with Crippen LogP contribution in [0.1, 0.15) is 35.4 Å². The summed E-state index contributed by atoms with van der Waals surface area (Å²) in [5, 5.41) is 11.6. The van der Waals surface area contributed by atoms with Crippen molar-refractivity contribution in [3.63, 3.8) is 0 Å². The van der Waals surface area contributed by atoms with E-state index in [1.165, 1.54) is 6.07 Å². The molecule has 2 amide bonds. The minimum atomic E-state index is -0.696. The molecule has 1 aliphatic heterocycles. The van der Waals surface area contributed by atoms with E-state index in [2.05, 4.69) is 15.3 Å². The summed E-state index contributed by atoms with van der Waals surface area (Å²) in [6, 6.07) is 9.68. The molecule has 0 bridgehead atoms. The summed E-state index contributed by atoms with van der Waals surface area (Å²) in [7, 11) is 1.55. The molecule has 0 radical (unpaired) electrons. The Labute approximate surface area is 212 Å². The highest BCUT2D eigenvalue weighted by Crippen LogP contribution is 2.27. The summed E-state index contributed by atoms with van der Waals surface area (Å²) < 4.78 is 25.5. The lowest BCUT2D eigenvalue weighted by molar-refractivity contribution is -0.135. The Hall–Kier alpha value is -3.99. The number of rotatable bonds is 9. The number of carbonyl (C=O) groups is 2. The lowest BCUT2D eigenvalue weighted by Gasteiger charge is -2.31. The number of fused-ring (bicyclic) bond motifs is 1. The fraction of sp³-hybridized carbons (Fsp3) is 0.385. The fourth-order valence-electron chi connectivity index (χ4n) is 4.37. The van der Waals surface area contributed by atoms with Gasteiger partial charge >= 0.3 is 0 Å². The van der Waals surface area contributed by atoms with Crippen molar-refractivity contribution in [2.24, 2.45) is 5.92 Å². The van der Waals surface area contributed by atoms with E-state index in [1.807, 2.05) is 6.07 Å². The number of amides is 2. The van der Waals surface area contributed by atoms with Crippen molar-refractivity contribution >= 4 is 22.7 Å². The number of halogens is 1. The number of hydrogen-bond donors (Lipinski definition) is 3. The minimum absolute atomic E-state index is 0.0623. The van der Waals surface area contributed by atoms with E-state index >= 15 is 0 Å². The summed E-state index contributed by atoms with van der Waals surface area (Å²) in [5.41, 5.74) is 0.267. The predicted octanol–water partition coefficient (Wildman–Crippen LogP) is 2.00. The Balaban J connectivity index is 1.41. The summed E-state index contributed by atoms with van der Waals surface area (Å²) >= 11 is 0. The van der Waals surface area contributed by atoms with Crippen LogP contribution in [0.5, 0.6) is 11.5 Å². The average molecular weight is 513 g/mol. The van der Waals surface area contributed by atoms with Crippen LogP contribution >= 0.6 is 0 Å². The molecule has 1 saturated heterocycles. The highest BCUT2D eigenvalue weighted by atomic mass is 19.1. The molecule has 0 spiro atoms. The number of aliphatic hydroxyl groups excluding tert-OH is 1. The number of nitrogens with zero attached hydrogens (tertiary/aromatic N) is 2. The van der Waals surface area contributed by atoms with E-state index in [1.54, 1.807) is 30.2 Å². The molecule has 196 valence electrons. The first-order chi connectivity index (χ1) is 17.9. The van der Waals surface area contributed by atoms with Crippen molar-refractivity contribution in [1.82, 2.24) is 20.2 Å². The number of aromatic nitrogens is 2. The van der Waals surface area contributed by atoms with Crippen molar-refractivity contribution in [3.8, 4) is 11.5 Å². The highest BCUT2D eigenvalue weighted by Gasteiger charge is 2.23. The molecule has 0 saturated carbocycles. The van der Waals surface area contributed by atoms with Crippen molar-refractivity contribution in [3.05, 3.63) is 64.0 Å². The van der Waals surface area contributed by atoms with Crippen LogP contribution in [0.3, 0.4) is 0 Å². The Morgan fingerprint density at radius 2 is 2.03 bits per heavy atom. The molecule has 0 aliphatic carbocycles. The van der Waals surface area contributed by atoms with Crippen LogP contribution in [0.25, 0.3) is 10.9 Å². The molecule has 37 heavy (non-hydrogen) atoms. The van der Waals surface area contributed by atoms with Crippen LogP contribution < -0.4 is 20.3 Å². The third-order valence-corrected chi connectivity index (χ3v) is 6.46. The second-order valence-electron chi connectivity index (χ2n) is 8.84. The van der Waals surface area contributed by atoms with Gasteiger partial charge in [-0.1, -0.05) is 12.1 Å². The number of aliphatic hydroxyl groups is 1. The molecule has 1 aliphatic rings. The molecule has 2 heterocycles. The van der Waals surface area contributed by atoms with Gasteiger partial charge in [-0.2, -0.15) is 0 Å². The van der Waals surface area contributed by atoms with Crippen molar-refractivity contribution < 1.29 is 28.6 Å². The van der Waals surface area contributed by atoms with Crippen LogP contribution in [-0.2, 0) is 11.3 Å². The van der Waals surface area contributed by atoms with Gasteiger partial charge in [0, 0.05) is 19.6 Å². The van der Waals surface area contributed by atoms with E-state index in [9.17, 15) is 18.8 Å². The normalized spacial score (nSPS) is 14.0. The zero-order chi connectivity index (χ0) is 26.4. The highest BCUT2D eigenvalue weighted by molar-refractivity contribution is 5.93. The van der Waals surface area contributed by atoms with Gasteiger partial charge in [0.25, 0.3) is 11.5 Å². The lowest BCUT2D eigenvalue weighted by atomic mass is 9.94. The first-order valence-electron chi connectivity index (χ1n) is 12.0. The van der Waals surface area contributed by atoms with Gasteiger partial charge in [0.05, 0.1) is 19.2 Å². The monoisotopic (exact) mass is 512 g/mol. The zero-order valence-electron chi connectivity index (χ0n) is 20.5. The first kappa shape index (κ1) is 26.1. The molecule has 11 heteroatoms. The number of benzene rings is 2. The maximum Gasteiger partial charge on any atom is 0.287 e. The largest absolute Gasteiger partial charge is 0.497 e. The second-order valence-corrected chi connectivity index (χ2v) is 8.84. The first-order valence-corrected chi connectivity index (χ1v) is 12.0. The number of ether oxygens (including phenoxy) is 2. The van der Waals surface area contributed by atoms with E-state index in [0.717, 1.165) is 24.5 Å². The van der Waals surface area contributed by atoms with Gasteiger partial charge in [-0.05, 0) is 55.0 Å². The van der Waals surface area contributed by atoms with E-state index in [0.29, 0.717) is 25.3 Å². The standard InChI is InChI=1S/C26H29FN4O6/c1-36-18-4-2-3-17(13-18)14-28-26(35)24-29-20-6-5-19(27)23(22(20)25(34)30-24)37-12-9-16-7-10-31(11-8-16)21(33)15-32/h2-6,13,16,32H,7-12,14-15H2,1H3,(H,28,35)(H,29,30,34). The maximum absolute atomic E-state index is 14.6. The number of nitrogens with one attached hydrogen (secondary N) is 2. The van der Waals surface area contributed by atoms with Crippen LogP contribution in [0.4, 0.5) is 4.39 Å². The molecule has 1 fully saturated rings. The zero-order valence-corrected chi connectivity index (χ0v) is 20.5. The smallest absolute Gasteiger partial charge is 0.287 e. The Kier molecular flexibility index (Phi) is 8.34. The number of methoxy groups -OCH3 is 1. The Morgan fingerprint density at radius 3 is 2.76 bits per heavy atom. The van der Waals surface area contributed by atoms with E-state index < -0.39 is 23.9 Å². The molecule has 3 aromatic rings.